The lowest BCUT2D eigenvalue weighted by Crippen LogP contribution is -2.64. The molecule has 4 heterocycles. The van der Waals surface area contributed by atoms with Crippen LogP contribution in [-0.2, 0) is 0 Å². The van der Waals surface area contributed by atoms with Crippen LogP contribution in [0.4, 0.5) is 34.1 Å². The highest BCUT2D eigenvalue weighted by atomic mass is 16.5. The molecule has 0 N–H and O–H groups in total. The first kappa shape index (κ1) is 51.2. The summed E-state index contributed by atoms with van der Waals surface area (Å²) in [5, 5.41) is 0. The number of hydrogen-bond donors (Lipinski definition) is 0. The van der Waals surface area contributed by atoms with E-state index in [1.807, 2.05) is 0 Å². The molecule has 4 aliphatic heterocycles. The summed E-state index contributed by atoms with van der Waals surface area (Å²) in [6, 6.07) is 83.4. The van der Waals surface area contributed by atoms with E-state index in [9.17, 15) is 0 Å². The molecule has 0 bridgehead atoms. The van der Waals surface area contributed by atoms with Crippen molar-refractivity contribution in [2.45, 2.75) is 90.9 Å². The normalized spacial score (nSPS) is 15.3. The second-order valence-electron chi connectivity index (χ2n) is 25.6. The van der Waals surface area contributed by atoms with Crippen LogP contribution in [0.3, 0.4) is 0 Å². The fourth-order valence-corrected chi connectivity index (χ4v) is 15.6. The van der Waals surface area contributed by atoms with Crippen molar-refractivity contribution < 1.29 is 9.47 Å². The van der Waals surface area contributed by atoms with Gasteiger partial charge in [0.25, 0.3) is 13.4 Å². The third kappa shape index (κ3) is 8.34. The van der Waals surface area contributed by atoms with Crippen molar-refractivity contribution >= 4 is 80.3 Å². The third-order valence-electron chi connectivity index (χ3n) is 20.2. The molecule has 0 aromatic heterocycles. The van der Waals surface area contributed by atoms with Crippen LogP contribution in [0.5, 0.6) is 23.0 Å². The Morgan fingerprint density at radius 2 is 0.616 bits per heavy atom. The van der Waals surface area contributed by atoms with E-state index in [2.05, 4.69) is 256 Å². The quantitative estimate of drug-likeness (QED) is 0.142. The lowest BCUT2D eigenvalue weighted by Gasteiger charge is -2.47. The van der Waals surface area contributed by atoms with Gasteiger partial charge >= 0.3 is 0 Å². The Morgan fingerprint density at radius 1 is 0.314 bits per heavy atom. The highest BCUT2D eigenvalue weighted by molar-refractivity contribution is 7.02. The predicted molar refractivity (Wildman–Crippen MR) is 361 cm³/mol. The molecule has 6 aliphatic rings. The molecule has 0 radical (unpaired) electrons. The van der Waals surface area contributed by atoms with Gasteiger partial charge in [0.1, 0.15) is 23.0 Å². The highest BCUT2D eigenvalue weighted by Crippen LogP contribution is 2.55. The molecule has 17 rings (SSSR count). The molecule has 0 saturated heterocycles. The van der Waals surface area contributed by atoms with Crippen molar-refractivity contribution in [2.24, 2.45) is 0 Å². The molecule has 2 aliphatic carbocycles. The van der Waals surface area contributed by atoms with Gasteiger partial charge in [-0.15, -0.1) is 0 Å². The van der Waals surface area contributed by atoms with Gasteiger partial charge in [0.05, 0.1) is 11.4 Å². The molecule has 0 atom stereocenters. The van der Waals surface area contributed by atoms with E-state index in [4.69, 9.17) is 9.47 Å². The zero-order chi connectivity index (χ0) is 57.3. The third-order valence-corrected chi connectivity index (χ3v) is 20.2. The molecule has 86 heavy (non-hydrogen) atoms. The zero-order valence-electron chi connectivity index (χ0n) is 49.5. The molecule has 0 spiro atoms. The first-order valence-corrected chi connectivity index (χ1v) is 31.5. The lowest BCUT2D eigenvalue weighted by atomic mass is 9.31. The minimum absolute atomic E-state index is 0.195. The summed E-state index contributed by atoms with van der Waals surface area (Å²) in [7, 11) is 0. The Balaban J connectivity index is 0.985. The van der Waals surface area contributed by atoms with Crippen LogP contribution >= 0.6 is 0 Å². The van der Waals surface area contributed by atoms with Crippen molar-refractivity contribution in [3.8, 4) is 67.5 Å². The Labute approximate surface area is 506 Å². The van der Waals surface area contributed by atoms with Crippen LogP contribution < -0.4 is 52.1 Å². The fourth-order valence-electron chi connectivity index (χ4n) is 15.6. The summed E-state index contributed by atoms with van der Waals surface area (Å²) in [6.07, 6.45) is 9.92. The number of fused-ring (bicyclic) bond motifs is 10. The van der Waals surface area contributed by atoms with Crippen molar-refractivity contribution in [1.29, 1.82) is 0 Å². The minimum atomic E-state index is -0.195. The SMILES string of the molecule is Cc1ccc(-c2ccc(N3c4ccc(-c5ccc(C)cc5)cc4B4c5cc(C6CCCC6)ccc5Oc5c4c3c3c4c5N(c5ccc(-c6ccc(C)cc6)cc5)c5ccc(-c6ccc(C)cc6)cc5B4c4cc(C5CCCC5)ccc4O3)cc2)cc1. The van der Waals surface area contributed by atoms with Gasteiger partial charge in [0.15, 0.2) is 0 Å². The molecular weight excluding hydrogens is 1040 g/mol. The topological polar surface area (TPSA) is 24.9 Å². The Bertz CT molecular complexity index is 4210. The summed E-state index contributed by atoms with van der Waals surface area (Å²) in [4.78, 5) is 5.09. The number of hydrogen-bond acceptors (Lipinski definition) is 4. The number of rotatable bonds is 8. The van der Waals surface area contributed by atoms with E-state index in [0.717, 1.165) is 68.0 Å². The van der Waals surface area contributed by atoms with E-state index in [1.54, 1.807) is 0 Å². The summed E-state index contributed by atoms with van der Waals surface area (Å²) in [6.45, 7) is 8.27. The van der Waals surface area contributed by atoms with Crippen LogP contribution in [0.25, 0.3) is 44.5 Å². The van der Waals surface area contributed by atoms with Crippen molar-refractivity contribution in [2.75, 3.05) is 9.80 Å². The predicted octanol–water partition coefficient (Wildman–Crippen LogP) is 17.7. The molecule has 0 amide bonds. The highest BCUT2D eigenvalue weighted by Gasteiger charge is 2.52. The molecular formula is C80H66B2N2O2. The first-order chi connectivity index (χ1) is 42.2. The van der Waals surface area contributed by atoms with E-state index in [1.165, 1.54) is 151 Å². The summed E-state index contributed by atoms with van der Waals surface area (Å²) < 4.78 is 15.9. The van der Waals surface area contributed by atoms with Gasteiger partial charge in [-0.2, -0.15) is 0 Å². The van der Waals surface area contributed by atoms with E-state index >= 15 is 0 Å². The van der Waals surface area contributed by atoms with Gasteiger partial charge < -0.3 is 19.3 Å². The molecule has 11 aromatic rings. The molecule has 2 fully saturated rings. The summed E-state index contributed by atoms with van der Waals surface area (Å²) in [5.74, 6) is 4.65. The Morgan fingerprint density at radius 3 is 0.953 bits per heavy atom. The van der Waals surface area contributed by atoms with Crippen molar-refractivity contribution in [3.05, 3.63) is 252 Å². The van der Waals surface area contributed by atoms with Crippen LogP contribution in [0.15, 0.2) is 218 Å². The minimum Gasteiger partial charge on any atom is -0.456 e. The maximum Gasteiger partial charge on any atom is 0.256 e. The molecule has 414 valence electrons. The zero-order valence-corrected chi connectivity index (χ0v) is 49.5. The van der Waals surface area contributed by atoms with Gasteiger partial charge in [-0.3, -0.25) is 0 Å². The van der Waals surface area contributed by atoms with Crippen LogP contribution in [0, 0.1) is 27.7 Å². The molecule has 2 saturated carbocycles. The second kappa shape index (κ2) is 20.2. The first-order valence-electron chi connectivity index (χ1n) is 31.5. The van der Waals surface area contributed by atoms with Crippen molar-refractivity contribution in [1.82, 2.24) is 0 Å². The number of nitrogens with zero attached hydrogens (tertiary/aromatic N) is 2. The smallest absolute Gasteiger partial charge is 0.256 e. The van der Waals surface area contributed by atoms with Crippen LogP contribution in [0.1, 0.15) is 96.6 Å². The number of benzene rings is 11. The molecule has 0 unspecified atom stereocenters. The lowest BCUT2D eigenvalue weighted by molar-refractivity contribution is 0.477. The molecule has 6 heteroatoms. The van der Waals surface area contributed by atoms with Crippen molar-refractivity contribution in [3.63, 3.8) is 0 Å². The van der Waals surface area contributed by atoms with E-state index in [0.29, 0.717) is 11.8 Å². The van der Waals surface area contributed by atoms with Gasteiger partial charge in [0.2, 0.25) is 0 Å². The second-order valence-corrected chi connectivity index (χ2v) is 25.6. The standard InChI is InChI=1S/C80H66B2N2O2/c1-49-13-21-55(22-14-49)57-29-37-65(38-30-57)83-71-41-33-61(59-25-17-51(3)18-26-59)45-67(71)81-69-47-63(53-9-5-6-10-53)36-44-74(69)86-80-75(81)77(83)79-76-78(80)84(66-39-31-58(32-40-66)56-23-15-50(2)16-24-56)72-42-34-62(60-27-19-52(4)20-28-60)46-68(72)82(76)70-48-64(35-43-73(70)85-79)54-11-7-8-12-54/h13-48,53-54H,5-12H2,1-4H3. The summed E-state index contributed by atoms with van der Waals surface area (Å²) in [5.41, 5.74) is 31.1. The largest absolute Gasteiger partial charge is 0.456 e. The van der Waals surface area contributed by atoms with Gasteiger partial charge in [-0.25, -0.2) is 0 Å². The van der Waals surface area contributed by atoms with Crippen LogP contribution in [0.2, 0.25) is 0 Å². The van der Waals surface area contributed by atoms with E-state index in [-0.39, 0.29) is 13.4 Å². The van der Waals surface area contributed by atoms with Gasteiger partial charge in [-0.1, -0.05) is 218 Å². The number of aryl methyl sites for hydroxylation is 4. The van der Waals surface area contributed by atoms with Crippen LogP contribution in [-0.4, -0.2) is 13.4 Å². The number of ether oxygens (including phenoxy) is 2. The Hall–Kier alpha value is -9.25. The fraction of sp³-hybridized carbons (Fsp3) is 0.175. The Kier molecular flexibility index (Phi) is 12.0. The average molecular weight is 1110 g/mol. The number of anilines is 6. The summed E-state index contributed by atoms with van der Waals surface area (Å²) >= 11 is 0. The van der Waals surface area contributed by atoms with Gasteiger partial charge in [0, 0.05) is 33.7 Å². The molecule has 4 nitrogen and oxygen atoms in total. The average Bonchev–Trinajstić information content (AvgIpc) is 0.776. The van der Waals surface area contributed by atoms with Gasteiger partial charge in [-0.05, 0) is 191 Å². The van der Waals surface area contributed by atoms with E-state index < -0.39 is 0 Å². The maximum atomic E-state index is 7.97. The maximum absolute atomic E-state index is 7.97. The molecule has 11 aromatic carbocycles. The monoisotopic (exact) mass is 1110 g/mol.